The largest absolute Gasteiger partial charge is 0.396 e. The molecule has 2 heterocycles. The number of hydrogen-bond donors (Lipinski definition) is 2. The number of allylic oxidation sites excluding steroid dienone is 2. The summed E-state index contributed by atoms with van der Waals surface area (Å²) < 4.78 is 0. The second-order valence-corrected chi connectivity index (χ2v) is 12.9. The molecule has 10 nitrogen and oxygen atoms in total. The van der Waals surface area contributed by atoms with Gasteiger partial charge in [0.1, 0.15) is 0 Å². The van der Waals surface area contributed by atoms with E-state index in [0.29, 0.717) is 24.2 Å². The van der Waals surface area contributed by atoms with Gasteiger partial charge in [0, 0.05) is 61.1 Å². The molecule has 2 amide bonds. The first-order chi connectivity index (χ1) is 20.8. The van der Waals surface area contributed by atoms with E-state index >= 15 is 0 Å². The second-order valence-electron chi connectivity index (χ2n) is 10.6. The van der Waals surface area contributed by atoms with E-state index in [0.717, 1.165) is 68.2 Å². The molecule has 0 fully saturated rings. The van der Waals surface area contributed by atoms with Crippen LogP contribution in [0, 0.1) is 27.7 Å². The van der Waals surface area contributed by atoms with E-state index in [1.807, 2.05) is 55.4 Å². The summed E-state index contributed by atoms with van der Waals surface area (Å²) in [4.78, 5) is 49.5. The lowest BCUT2D eigenvalue weighted by Crippen LogP contribution is -2.29. The van der Waals surface area contributed by atoms with Crippen LogP contribution in [0.1, 0.15) is 99.9 Å². The first-order valence-electron chi connectivity index (χ1n) is 15.0. The summed E-state index contributed by atoms with van der Waals surface area (Å²) in [5.74, 6) is -0.291. The summed E-state index contributed by atoms with van der Waals surface area (Å²) in [7, 11) is 2.84. The Morgan fingerprint density at radius 2 is 0.886 bits per heavy atom. The lowest BCUT2D eigenvalue weighted by atomic mass is 10.2. The minimum absolute atomic E-state index is 0.0994. The van der Waals surface area contributed by atoms with Crippen molar-refractivity contribution in [2.45, 2.75) is 108 Å². The Bertz CT molecular complexity index is 1300. The molecule has 2 aromatic heterocycles. The van der Waals surface area contributed by atoms with Gasteiger partial charge in [-0.3, -0.25) is 29.5 Å². The van der Waals surface area contributed by atoms with Crippen molar-refractivity contribution in [3.8, 4) is 0 Å². The number of aryl methyl sites for hydroxylation is 6. The highest BCUT2D eigenvalue weighted by Gasteiger charge is 2.22. The second kappa shape index (κ2) is 17.6. The SMILES string of the molecule is CCc1nc(C)c(CN(C(C)=O)/C(C)=C(/CCO)SS/C(CCO)=C(/C)N(Cc2nc(C)c(CC)nc2C)C(C)=O)nc1C. The van der Waals surface area contributed by atoms with E-state index in [9.17, 15) is 19.8 Å². The monoisotopic (exact) mass is 644 g/mol. The summed E-state index contributed by atoms with van der Waals surface area (Å²) in [6.07, 6.45) is 2.24. The van der Waals surface area contributed by atoms with Gasteiger partial charge in [0.2, 0.25) is 11.8 Å². The molecule has 0 unspecified atom stereocenters. The first-order valence-corrected chi connectivity index (χ1v) is 17.1. The highest BCUT2D eigenvalue weighted by molar-refractivity contribution is 8.79. The van der Waals surface area contributed by atoms with Crippen LogP contribution in [0.4, 0.5) is 0 Å². The lowest BCUT2D eigenvalue weighted by Gasteiger charge is -2.27. The average Bonchev–Trinajstić information content (AvgIpc) is 2.97. The van der Waals surface area contributed by atoms with Gasteiger partial charge >= 0.3 is 0 Å². The van der Waals surface area contributed by atoms with Crippen molar-refractivity contribution in [3.63, 3.8) is 0 Å². The molecule has 0 spiro atoms. The predicted octanol–water partition coefficient (Wildman–Crippen LogP) is 5.63. The van der Waals surface area contributed by atoms with E-state index in [1.165, 1.54) is 35.4 Å². The smallest absolute Gasteiger partial charge is 0.223 e. The number of carbonyl (C=O) groups excluding carboxylic acids is 2. The van der Waals surface area contributed by atoms with Crippen LogP contribution in [0.15, 0.2) is 21.2 Å². The summed E-state index contributed by atoms with van der Waals surface area (Å²) >= 11 is 0. The van der Waals surface area contributed by atoms with Crippen molar-refractivity contribution in [1.29, 1.82) is 0 Å². The summed E-state index contributed by atoms with van der Waals surface area (Å²) in [6.45, 7) is 18.8. The number of rotatable bonds is 15. The Morgan fingerprint density at radius 1 is 0.591 bits per heavy atom. The number of nitrogens with zero attached hydrogens (tertiary/aromatic N) is 6. The normalized spacial score (nSPS) is 12.5. The maximum Gasteiger partial charge on any atom is 0.223 e. The zero-order chi connectivity index (χ0) is 33.1. The topological polar surface area (TPSA) is 133 Å². The molecule has 0 saturated carbocycles. The highest BCUT2D eigenvalue weighted by atomic mass is 33.1. The number of aromatic nitrogens is 4. The highest BCUT2D eigenvalue weighted by Crippen LogP contribution is 2.43. The summed E-state index contributed by atoms with van der Waals surface area (Å²) in [6, 6.07) is 0. The fourth-order valence-corrected chi connectivity index (χ4v) is 7.60. The van der Waals surface area contributed by atoms with Crippen LogP contribution in [-0.2, 0) is 35.5 Å². The average molecular weight is 645 g/mol. The van der Waals surface area contributed by atoms with Crippen molar-refractivity contribution >= 4 is 33.4 Å². The van der Waals surface area contributed by atoms with Crippen LogP contribution in [0.2, 0.25) is 0 Å². The molecular formula is C32H48N6O4S2. The third-order valence-corrected chi connectivity index (χ3v) is 10.4. The molecule has 0 aromatic carbocycles. The molecule has 0 radical (unpaired) electrons. The molecule has 0 aliphatic carbocycles. The summed E-state index contributed by atoms with van der Waals surface area (Å²) in [5, 5.41) is 19.8. The van der Waals surface area contributed by atoms with Crippen molar-refractivity contribution in [1.82, 2.24) is 29.7 Å². The predicted molar refractivity (Wildman–Crippen MR) is 178 cm³/mol. The van der Waals surface area contributed by atoms with Crippen molar-refractivity contribution in [2.75, 3.05) is 13.2 Å². The molecule has 0 atom stereocenters. The molecule has 0 bridgehead atoms. The van der Waals surface area contributed by atoms with Gasteiger partial charge in [-0.1, -0.05) is 35.4 Å². The molecule has 2 rings (SSSR count). The summed E-state index contributed by atoms with van der Waals surface area (Å²) in [5.41, 5.74) is 8.02. The van der Waals surface area contributed by atoms with Gasteiger partial charge in [-0.25, -0.2) is 0 Å². The molecule has 44 heavy (non-hydrogen) atoms. The molecule has 12 heteroatoms. The minimum Gasteiger partial charge on any atom is -0.396 e. The van der Waals surface area contributed by atoms with Crippen LogP contribution in [-0.4, -0.2) is 65.0 Å². The maximum absolute atomic E-state index is 12.9. The first kappa shape index (κ1) is 37.4. The van der Waals surface area contributed by atoms with Crippen LogP contribution in [0.5, 0.6) is 0 Å². The van der Waals surface area contributed by atoms with Gasteiger partial charge in [0.05, 0.1) is 58.6 Å². The third-order valence-electron chi connectivity index (χ3n) is 7.46. The third kappa shape index (κ3) is 9.85. The Hall–Kier alpha value is -2.80. The number of amides is 2. The minimum atomic E-state index is -0.145. The van der Waals surface area contributed by atoms with Crippen molar-refractivity contribution < 1.29 is 19.8 Å². The van der Waals surface area contributed by atoms with Gasteiger partial charge in [0.25, 0.3) is 0 Å². The Labute approximate surface area is 270 Å². The Morgan fingerprint density at radius 3 is 1.16 bits per heavy atom. The van der Waals surface area contributed by atoms with E-state index in [-0.39, 0.29) is 38.1 Å². The molecule has 2 N–H and O–H groups in total. The van der Waals surface area contributed by atoms with Crippen LogP contribution >= 0.6 is 21.6 Å². The lowest BCUT2D eigenvalue weighted by molar-refractivity contribution is -0.128. The molecule has 0 aliphatic rings. The zero-order valence-corrected chi connectivity index (χ0v) is 29.5. The fourth-order valence-electron chi connectivity index (χ4n) is 4.76. The van der Waals surface area contributed by atoms with E-state index in [4.69, 9.17) is 9.97 Å². The van der Waals surface area contributed by atoms with E-state index < -0.39 is 0 Å². The molecule has 2 aromatic rings. The Kier molecular flexibility index (Phi) is 15.0. The van der Waals surface area contributed by atoms with Gasteiger partial charge in [-0.2, -0.15) is 0 Å². The van der Waals surface area contributed by atoms with Crippen molar-refractivity contribution in [3.05, 3.63) is 66.8 Å². The van der Waals surface area contributed by atoms with Gasteiger partial charge in [0.15, 0.2) is 0 Å². The standard InChI is InChI=1S/C32H48N6O4S2/c1-11-27-19(3)35-29(21(5)33-27)17-37(25(9)41)23(7)31(13-15-39)43-44-32(14-16-40)24(8)38(26(10)42)18-30-22(6)34-28(12-2)20(4)36-30/h39-40H,11-18H2,1-10H3/b31-23-,32-24-. The number of carbonyl (C=O) groups is 2. The molecular weight excluding hydrogens is 597 g/mol. The Balaban J connectivity index is 2.45. The fraction of sp³-hybridized carbons (Fsp3) is 0.562. The van der Waals surface area contributed by atoms with Crippen LogP contribution in [0.3, 0.4) is 0 Å². The molecule has 242 valence electrons. The van der Waals surface area contributed by atoms with E-state index in [2.05, 4.69) is 9.97 Å². The van der Waals surface area contributed by atoms with Gasteiger partial charge < -0.3 is 20.0 Å². The van der Waals surface area contributed by atoms with Crippen LogP contribution < -0.4 is 0 Å². The van der Waals surface area contributed by atoms with E-state index in [1.54, 1.807) is 9.80 Å². The maximum atomic E-state index is 12.9. The number of aliphatic hydroxyl groups is 2. The van der Waals surface area contributed by atoms with Gasteiger partial charge in [-0.15, -0.1) is 0 Å². The van der Waals surface area contributed by atoms with Gasteiger partial charge in [-0.05, 0) is 54.4 Å². The number of aliphatic hydroxyl groups excluding tert-OH is 2. The zero-order valence-electron chi connectivity index (χ0n) is 27.9. The molecule has 0 saturated heterocycles. The van der Waals surface area contributed by atoms with Crippen LogP contribution in [0.25, 0.3) is 0 Å². The number of hydrogen-bond acceptors (Lipinski definition) is 10. The molecule has 0 aliphatic heterocycles. The quantitative estimate of drug-likeness (QED) is 0.235. The van der Waals surface area contributed by atoms with Crippen molar-refractivity contribution in [2.24, 2.45) is 0 Å².